The van der Waals surface area contributed by atoms with E-state index in [9.17, 15) is 0 Å². The van der Waals surface area contributed by atoms with Crippen LogP contribution in [0.25, 0.3) is 5.82 Å². The van der Waals surface area contributed by atoms with E-state index in [-0.39, 0.29) is 0 Å². The van der Waals surface area contributed by atoms with Gasteiger partial charge in [-0.25, -0.2) is 14.6 Å². The molecule has 0 aromatic carbocycles. The van der Waals surface area contributed by atoms with E-state index in [1.54, 1.807) is 6.33 Å². The molecule has 0 spiro atoms. The lowest BCUT2D eigenvalue weighted by molar-refractivity contribution is 0.791. The van der Waals surface area contributed by atoms with Crippen molar-refractivity contribution in [3.05, 3.63) is 28.8 Å². The molecule has 0 radical (unpaired) electrons. The Kier molecular flexibility index (Phi) is 3.83. The Bertz CT molecular complexity index is 586. The predicted octanol–water partition coefficient (Wildman–Crippen LogP) is 2.72. The first-order valence-corrected chi connectivity index (χ1v) is 6.65. The van der Waals surface area contributed by atoms with E-state index in [1.165, 1.54) is 5.56 Å². The maximum absolute atomic E-state index is 4.56. The average molecular weight is 259 g/mol. The summed E-state index contributed by atoms with van der Waals surface area (Å²) in [5.41, 5.74) is 4.40. The van der Waals surface area contributed by atoms with Gasteiger partial charge in [0.1, 0.15) is 12.1 Å². The second-order valence-electron chi connectivity index (χ2n) is 4.81. The van der Waals surface area contributed by atoms with Crippen LogP contribution in [0.4, 0.5) is 5.82 Å². The summed E-state index contributed by atoms with van der Waals surface area (Å²) in [5.74, 6) is 1.74. The first-order valence-electron chi connectivity index (χ1n) is 6.65. The molecule has 0 saturated heterocycles. The van der Waals surface area contributed by atoms with Gasteiger partial charge in [0, 0.05) is 17.8 Å². The van der Waals surface area contributed by atoms with Gasteiger partial charge in [0.05, 0.1) is 5.69 Å². The van der Waals surface area contributed by atoms with Gasteiger partial charge in [-0.2, -0.15) is 5.10 Å². The minimum atomic E-state index is 0.849. The van der Waals surface area contributed by atoms with Crippen LogP contribution in [0.3, 0.4) is 0 Å². The fourth-order valence-corrected chi connectivity index (χ4v) is 2.00. The first-order chi connectivity index (χ1) is 9.06. The molecular formula is C14H21N5. The van der Waals surface area contributed by atoms with E-state index in [0.29, 0.717) is 0 Å². The van der Waals surface area contributed by atoms with E-state index in [1.807, 2.05) is 18.5 Å². The molecule has 0 aliphatic carbocycles. The van der Waals surface area contributed by atoms with Crippen molar-refractivity contribution >= 4 is 5.82 Å². The Labute approximate surface area is 114 Å². The number of hydrogen-bond donors (Lipinski definition) is 1. The molecule has 0 unspecified atom stereocenters. The third-order valence-electron chi connectivity index (χ3n) is 3.45. The van der Waals surface area contributed by atoms with Gasteiger partial charge in [0.2, 0.25) is 0 Å². The largest absolute Gasteiger partial charge is 0.370 e. The molecule has 0 atom stereocenters. The molecular weight excluding hydrogens is 238 g/mol. The van der Waals surface area contributed by atoms with Gasteiger partial charge in [-0.1, -0.05) is 6.92 Å². The molecule has 0 amide bonds. The SMILES string of the molecule is CCCNc1ncnc(-n2nc(C)c(C)c2C)c1C. The Morgan fingerprint density at radius 1 is 1.11 bits per heavy atom. The van der Waals surface area contributed by atoms with E-state index in [4.69, 9.17) is 0 Å². The van der Waals surface area contributed by atoms with Crippen molar-refractivity contribution in [3.63, 3.8) is 0 Å². The van der Waals surface area contributed by atoms with Crippen molar-refractivity contribution in [1.82, 2.24) is 19.7 Å². The third-order valence-corrected chi connectivity index (χ3v) is 3.45. The van der Waals surface area contributed by atoms with Crippen LogP contribution in [0, 0.1) is 27.7 Å². The zero-order chi connectivity index (χ0) is 14.0. The van der Waals surface area contributed by atoms with E-state index in [0.717, 1.165) is 41.6 Å². The van der Waals surface area contributed by atoms with Crippen molar-refractivity contribution in [3.8, 4) is 5.82 Å². The smallest absolute Gasteiger partial charge is 0.162 e. The Balaban J connectivity index is 2.47. The van der Waals surface area contributed by atoms with Crippen LogP contribution in [-0.2, 0) is 0 Å². The molecule has 2 aromatic heterocycles. The highest BCUT2D eigenvalue weighted by molar-refractivity contribution is 5.51. The Morgan fingerprint density at radius 3 is 2.42 bits per heavy atom. The summed E-state index contributed by atoms with van der Waals surface area (Å²) < 4.78 is 1.90. The highest BCUT2D eigenvalue weighted by Crippen LogP contribution is 2.21. The summed E-state index contributed by atoms with van der Waals surface area (Å²) in [6.45, 7) is 11.2. The van der Waals surface area contributed by atoms with E-state index < -0.39 is 0 Å². The number of anilines is 1. The van der Waals surface area contributed by atoms with Gasteiger partial charge < -0.3 is 5.32 Å². The quantitative estimate of drug-likeness (QED) is 0.917. The van der Waals surface area contributed by atoms with Crippen LogP contribution in [-0.4, -0.2) is 26.3 Å². The van der Waals surface area contributed by atoms with Gasteiger partial charge >= 0.3 is 0 Å². The summed E-state index contributed by atoms with van der Waals surface area (Å²) in [6.07, 6.45) is 2.66. The van der Waals surface area contributed by atoms with Gasteiger partial charge in [0.25, 0.3) is 0 Å². The molecule has 0 bridgehead atoms. The Hall–Kier alpha value is -1.91. The molecule has 0 aliphatic rings. The molecule has 19 heavy (non-hydrogen) atoms. The minimum Gasteiger partial charge on any atom is -0.370 e. The number of aryl methyl sites for hydroxylation is 1. The summed E-state index contributed by atoms with van der Waals surface area (Å²) in [4.78, 5) is 8.68. The maximum Gasteiger partial charge on any atom is 0.162 e. The molecule has 5 nitrogen and oxygen atoms in total. The maximum atomic E-state index is 4.56. The molecule has 1 N–H and O–H groups in total. The molecule has 0 fully saturated rings. The van der Waals surface area contributed by atoms with Crippen LogP contribution < -0.4 is 5.32 Å². The normalized spacial score (nSPS) is 10.8. The monoisotopic (exact) mass is 259 g/mol. The lowest BCUT2D eigenvalue weighted by Crippen LogP contribution is -2.10. The fraction of sp³-hybridized carbons (Fsp3) is 0.500. The summed E-state index contributed by atoms with van der Waals surface area (Å²) in [7, 11) is 0. The van der Waals surface area contributed by atoms with Crippen LogP contribution in [0.5, 0.6) is 0 Å². The van der Waals surface area contributed by atoms with Crippen LogP contribution in [0.2, 0.25) is 0 Å². The summed E-state index contributed by atoms with van der Waals surface area (Å²) >= 11 is 0. The van der Waals surface area contributed by atoms with E-state index >= 15 is 0 Å². The molecule has 0 saturated carbocycles. The molecule has 0 aliphatic heterocycles. The summed E-state index contributed by atoms with van der Waals surface area (Å²) in [5, 5.41) is 7.88. The van der Waals surface area contributed by atoms with Crippen molar-refractivity contribution < 1.29 is 0 Å². The zero-order valence-electron chi connectivity index (χ0n) is 12.3. The molecule has 102 valence electrons. The number of rotatable bonds is 4. The first kappa shape index (κ1) is 13.5. The summed E-state index contributed by atoms with van der Waals surface area (Å²) in [6, 6.07) is 0. The van der Waals surface area contributed by atoms with Gasteiger partial charge in [0.15, 0.2) is 5.82 Å². The number of nitrogens with zero attached hydrogens (tertiary/aromatic N) is 4. The number of hydrogen-bond acceptors (Lipinski definition) is 4. The van der Waals surface area contributed by atoms with Crippen LogP contribution in [0.1, 0.15) is 35.9 Å². The van der Waals surface area contributed by atoms with E-state index in [2.05, 4.69) is 41.2 Å². The van der Waals surface area contributed by atoms with Gasteiger partial charge in [-0.05, 0) is 39.7 Å². The fourth-order valence-electron chi connectivity index (χ4n) is 2.00. The lowest BCUT2D eigenvalue weighted by atomic mass is 10.2. The number of nitrogens with one attached hydrogen (secondary N) is 1. The van der Waals surface area contributed by atoms with Crippen molar-refractivity contribution in [2.45, 2.75) is 41.0 Å². The molecule has 2 rings (SSSR count). The highest BCUT2D eigenvalue weighted by Gasteiger charge is 2.14. The molecule has 2 heterocycles. The average Bonchev–Trinajstić information content (AvgIpc) is 2.65. The van der Waals surface area contributed by atoms with Gasteiger partial charge in [-0.3, -0.25) is 0 Å². The second-order valence-corrected chi connectivity index (χ2v) is 4.81. The minimum absolute atomic E-state index is 0.849. The second kappa shape index (κ2) is 5.38. The standard InChI is InChI=1S/C14H21N5/c1-6-7-15-13-10(3)14(17-8-16-13)19-12(5)9(2)11(4)18-19/h8H,6-7H2,1-5H3,(H,15,16,17). The lowest BCUT2D eigenvalue weighted by Gasteiger charge is -2.11. The molecule has 2 aromatic rings. The van der Waals surface area contributed by atoms with Crippen LogP contribution >= 0.6 is 0 Å². The third kappa shape index (κ3) is 2.45. The topological polar surface area (TPSA) is 55.6 Å². The Morgan fingerprint density at radius 2 is 1.84 bits per heavy atom. The predicted molar refractivity (Wildman–Crippen MR) is 76.9 cm³/mol. The van der Waals surface area contributed by atoms with Crippen molar-refractivity contribution in [2.24, 2.45) is 0 Å². The molecule has 5 heteroatoms. The van der Waals surface area contributed by atoms with Crippen molar-refractivity contribution in [2.75, 3.05) is 11.9 Å². The number of aromatic nitrogens is 4. The zero-order valence-corrected chi connectivity index (χ0v) is 12.3. The van der Waals surface area contributed by atoms with Gasteiger partial charge in [-0.15, -0.1) is 0 Å². The highest BCUT2D eigenvalue weighted by atomic mass is 15.3. The van der Waals surface area contributed by atoms with Crippen molar-refractivity contribution in [1.29, 1.82) is 0 Å². The van der Waals surface area contributed by atoms with Crippen LogP contribution in [0.15, 0.2) is 6.33 Å².